The van der Waals surface area contributed by atoms with Crippen molar-refractivity contribution in [3.63, 3.8) is 0 Å². The summed E-state index contributed by atoms with van der Waals surface area (Å²) in [6.45, 7) is 4.19. The third-order valence-electron chi connectivity index (χ3n) is 5.84. The first-order valence-corrected chi connectivity index (χ1v) is 13.1. The van der Waals surface area contributed by atoms with E-state index in [1.807, 2.05) is 36.4 Å². The van der Waals surface area contributed by atoms with Gasteiger partial charge in [0.05, 0.1) is 10.2 Å². The number of benzene rings is 4. The van der Waals surface area contributed by atoms with Crippen LogP contribution in [0.15, 0.2) is 114 Å². The number of hydrogen-bond acceptors (Lipinski definition) is 3. The molecule has 4 heteroatoms. The molecule has 0 fully saturated rings. The summed E-state index contributed by atoms with van der Waals surface area (Å²) in [7, 11) is 0. The zero-order valence-corrected chi connectivity index (χ0v) is 21.9. The summed E-state index contributed by atoms with van der Waals surface area (Å²) in [6, 6.07) is 37.4. The molecule has 0 N–H and O–H groups in total. The van der Waals surface area contributed by atoms with Gasteiger partial charge in [-0.25, -0.2) is 4.99 Å². The molecule has 5 aromatic rings. The quantitative estimate of drug-likeness (QED) is 0.200. The Morgan fingerprint density at radius 2 is 1.33 bits per heavy atom. The Balaban J connectivity index is 1.82. The Morgan fingerprint density at radius 3 is 1.97 bits per heavy atom. The van der Waals surface area contributed by atoms with E-state index >= 15 is 0 Å². The molecule has 0 saturated heterocycles. The predicted octanol–water partition coefficient (Wildman–Crippen LogP) is 6.42. The molecule has 0 aliphatic rings. The van der Waals surface area contributed by atoms with Crippen LogP contribution >= 0.6 is 23.6 Å². The van der Waals surface area contributed by atoms with Gasteiger partial charge < -0.3 is 0 Å². The third kappa shape index (κ3) is 5.51. The van der Waals surface area contributed by atoms with Crippen LogP contribution in [0.3, 0.4) is 0 Å². The smallest absolute Gasteiger partial charge is 0.156 e. The van der Waals surface area contributed by atoms with Gasteiger partial charge in [0, 0.05) is 10.6 Å². The van der Waals surface area contributed by atoms with Gasteiger partial charge in [0.25, 0.3) is 0 Å². The van der Waals surface area contributed by atoms with Crippen LogP contribution in [0.4, 0.5) is 5.69 Å². The highest BCUT2D eigenvalue weighted by molar-refractivity contribution is 7.81. The minimum Gasteiger partial charge on any atom is -0.285 e. The zero-order valence-electron chi connectivity index (χ0n) is 20.3. The normalized spacial score (nSPS) is 12.8. The van der Waals surface area contributed by atoms with Crippen molar-refractivity contribution in [1.29, 1.82) is 0 Å². The fourth-order valence-corrected chi connectivity index (χ4v) is 5.32. The minimum absolute atomic E-state index is 0.800. The van der Waals surface area contributed by atoms with Crippen molar-refractivity contribution in [3.05, 3.63) is 146 Å². The number of thiazole rings is 1. The fourth-order valence-electron chi connectivity index (χ4n) is 3.89. The van der Waals surface area contributed by atoms with Gasteiger partial charge in [-0.3, -0.25) is 4.57 Å². The lowest BCUT2D eigenvalue weighted by atomic mass is 10.1. The van der Waals surface area contributed by atoms with E-state index in [4.69, 9.17) is 17.2 Å². The molecular weight excluding hydrogens is 477 g/mol. The SMILES string of the molecule is Cc1ccc(/C=c2\s/c(=C\C(=S)c3ccc(C)cc3)n(-c3ccccc3)c2=Nc2ccccc2)cc1. The van der Waals surface area contributed by atoms with E-state index in [0.717, 1.165) is 42.0 Å². The van der Waals surface area contributed by atoms with Crippen molar-refractivity contribution in [3.8, 4) is 5.69 Å². The lowest BCUT2D eigenvalue weighted by Crippen LogP contribution is -2.31. The highest BCUT2D eigenvalue weighted by Crippen LogP contribution is 2.11. The number of hydrogen-bond donors (Lipinski definition) is 0. The molecule has 5 rings (SSSR count). The summed E-state index contributed by atoms with van der Waals surface area (Å²) >= 11 is 7.57. The molecule has 0 amide bonds. The summed E-state index contributed by atoms with van der Waals surface area (Å²) in [5.41, 5.74) is 7.47. The van der Waals surface area contributed by atoms with Crippen molar-refractivity contribution in [2.24, 2.45) is 4.99 Å². The van der Waals surface area contributed by atoms with Crippen LogP contribution in [0.25, 0.3) is 17.8 Å². The number of aromatic nitrogens is 1. The molecule has 2 nitrogen and oxygen atoms in total. The van der Waals surface area contributed by atoms with Gasteiger partial charge in [-0.1, -0.05) is 108 Å². The predicted molar refractivity (Wildman–Crippen MR) is 157 cm³/mol. The Labute approximate surface area is 220 Å². The molecule has 0 atom stereocenters. The lowest BCUT2D eigenvalue weighted by Gasteiger charge is -2.05. The first-order valence-electron chi connectivity index (χ1n) is 11.8. The lowest BCUT2D eigenvalue weighted by molar-refractivity contribution is 0.953. The highest BCUT2D eigenvalue weighted by atomic mass is 32.1. The molecule has 176 valence electrons. The Hall–Kier alpha value is -3.86. The molecule has 4 aromatic carbocycles. The molecule has 0 bridgehead atoms. The zero-order chi connectivity index (χ0) is 24.9. The van der Waals surface area contributed by atoms with Gasteiger partial charge in [-0.15, -0.1) is 11.3 Å². The monoisotopic (exact) mass is 502 g/mol. The largest absolute Gasteiger partial charge is 0.285 e. The summed E-state index contributed by atoms with van der Waals surface area (Å²) in [6.07, 6.45) is 4.30. The molecule has 0 unspecified atom stereocenters. The number of nitrogens with zero attached hydrogens (tertiary/aromatic N) is 2. The van der Waals surface area contributed by atoms with Crippen LogP contribution in [-0.2, 0) is 0 Å². The maximum Gasteiger partial charge on any atom is 0.156 e. The van der Waals surface area contributed by atoms with Crippen molar-refractivity contribution in [2.45, 2.75) is 13.8 Å². The number of thiocarbonyl (C=S) groups is 1. The Kier molecular flexibility index (Phi) is 7.17. The van der Waals surface area contributed by atoms with Gasteiger partial charge in [0.15, 0.2) is 5.49 Å². The second-order valence-electron chi connectivity index (χ2n) is 8.68. The van der Waals surface area contributed by atoms with Crippen LogP contribution in [0.1, 0.15) is 22.3 Å². The van der Waals surface area contributed by atoms with Gasteiger partial charge in [-0.2, -0.15) is 0 Å². The fraction of sp³-hybridized carbons (Fsp3) is 0.0625. The molecule has 1 heterocycles. The van der Waals surface area contributed by atoms with Crippen LogP contribution in [0.2, 0.25) is 0 Å². The molecule has 0 radical (unpaired) electrons. The number of para-hydroxylation sites is 2. The maximum absolute atomic E-state index is 5.88. The van der Waals surface area contributed by atoms with E-state index in [1.165, 1.54) is 11.1 Å². The molecule has 0 aliphatic heterocycles. The summed E-state index contributed by atoms with van der Waals surface area (Å²) in [5.74, 6) is 0. The van der Waals surface area contributed by atoms with E-state index in [2.05, 4.69) is 103 Å². The second-order valence-corrected chi connectivity index (χ2v) is 10.2. The summed E-state index contributed by atoms with van der Waals surface area (Å²) in [4.78, 5) is 5.92. The van der Waals surface area contributed by atoms with Gasteiger partial charge >= 0.3 is 0 Å². The van der Waals surface area contributed by atoms with E-state index in [1.54, 1.807) is 11.3 Å². The first-order chi connectivity index (χ1) is 17.6. The average molecular weight is 503 g/mol. The molecule has 0 spiro atoms. The van der Waals surface area contributed by atoms with Crippen LogP contribution in [0.5, 0.6) is 0 Å². The van der Waals surface area contributed by atoms with E-state index < -0.39 is 0 Å². The van der Waals surface area contributed by atoms with Crippen molar-refractivity contribution in [2.75, 3.05) is 0 Å². The highest BCUT2D eigenvalue weighted by Gasteiger charge is 2.08. The van der Waals surface area contributed by atoms with Crippen LogP contribution < -0.4 is 14.7 Å². The van der Waals surface area contributed by atoms with Crippen LogP contribution in [0, 0.1) is 13.8 Å². The van der Waals surface area contributed by atoms with Crippen molar-refractivity contribution < 1.29 is 0 Å². The topological polar surface area (TPSA) is 17.3 Å². The number of aryl methyl sites for hydroxylation is 2. The number of rotatable bonds is 5. The van der Waals surface area contributed by atoms with Gasteiger partial charge in [0.1, 0.15) is 4.66 Å². The van der Waals surface area contributed by atoms with Gasteiger partial charge in [-0.05, 0) is 61.4 Å². The average Bonchev–Trinajstić information content (AvgIpc) is 3.22. The van der Waals surface area contributed by atoms with Gasteiger partial charge in [0.2, 0.25) is 0 Å². The van der Waals surface area contributed by atoms with Crippen molar-refractivity contribution in [1.82, 2.24) is 4.57 Å². The molecule has 0 aliphatic carbocycles. The standard InChI is InChI=1S/C32H26N2S2/c1-23-13-17-25(18-14-23)21-30-32(33-27-9-5-3-6-10-27)34(28-11-7-4-8-12-28)31(36-30)22-29(35)26-19-15-24(2)16-20-26/h3-22H,1-2H3/b30-21-,31-22-,33-32?. The summed E-state index contributed by atoms with van der Waals surface area (Å²) in [5, 5.41) is 0. The maximum atomic E-state index is 5.88. The Morgan fingerprint density at radius 1 is 0.750 bits per heavy atom. The van der Waals surface area contributed by atoms with E-state index in [0.29, 0.717) is 0 Å². The second kappa shape index (κ2) is 10.8. The molecule has 1 aromatic heterocycles. The van der Waals surface area contributed by atoms with E-state index in [9.17, 15) is 0 Å². The van der Waals surface area contributed by atoms with E-state index in [-0.39, 0.29) is 0 Å². The molecular formula is C32H26N2S2. The summed E-state index contributed by atoms with van der Waals surface area (Å²) < 4.78 is 4.31. The minimum atomic E-state index is 0.800. The molecule has 0 saturated carbocycles. The van der Waals surface area contributed by atoms with Crippen LogP contribution in [-0.4, -0.2) is 9.43 Å². The molecule has 36 heavy (non-hydrogen) atoms. The first kappa shape index (κ1) is 23.9. The Bertz CT molecular complexity index is 1680. The third-order valence-corrected chi connectivity index (χ3v) is 7.22. The van der Waals surface area contributed by atoms with Crippen molar-refractivity contribution >= 4 is 46.3 Å².